The van der Waals surface area contributed by atoms with Crippen molar-refractivity contribution in [2.45, 2.75) is 128 Å². The van der Waals surface area contributed by atoms with E-state index >= 15 is 0 Å². The number of hydrogen-bond donors (Lipinski definition) is 5. The van der Waals surface area contributed by atoms with Gasteiger partial charge < -0.3 is 30.3 Å². The number of benzene rings is 1. The lowest BCUT2D eigenvalue weighted by atomic mass is 9.39. The molecule has 7 heteroatoms. The number of fused-ring (bicyclic) bond motifs is 2. The van der Waals surface area contributed by atoms with Gasteiger partial charge in [-0.2, -0.15) is 0 Å². The fourth-order valence-electron chi connectivity index (χ4n) is 12.0. The number of carbonyl (C=O) groups excluding carboxylic acids is 1. The van der Waals surface area contributed by atoms with Crippen LogP contribution in [-0.2, 0) is 16.0 Å². The topological polar surface area (TPSA) is 131 Å². The zero-order valence-electron chi connectivity index (χ0n) is 27.0. The van der Waals surface area contributed by atoms with E-state index in [9.17, 15) is 30.3 Å². The quantitative estimate of drug-likeness (QED) is 0.284. The molecule has 242 valence electrons. The number of epoxide rings is 1. The summed E-state index contributed by atoms with van der Waals surface area (Å²) in [6.07, 6.45) is 5.15. The highest BCUT2D eigenvalue weighted by Gasteiger charge is 2.78. The Morgan fingerprint density at radius 1 is 1.09 bits per heavy atom. The predicted molar refractivity (Wildman–Crippen MR) is 166 cm³/mol. The van der Waals surface area contributed by atoms with Crippen LogP contribution in [0.1, 0.15) is 91.5 Å². The highest BCUT2D eigenvalue weighted by atomic mass is 16.6. The van der Waals surface area contributed by atoms with Crippen molar-refractivity contribution in [1.82, 2.24) is 0 Å². The Labute approximate surface area is 261 Å². The van der Waals surface area contributed by atoms with Crippen molar-refractivity contribution in [3.63, 3.8) is 0 Å². The first-order chi connectivity index (χ1) is 20.6. The third-order valence-corrected chi connectivity index (χ3v) is 14.7. The summed E-state index contributed by atoms with van der Waals surface area (Å²) in [4.78, 5) is 14.0. The summed E-state index contributed by atoms with van der Waals surface area (Å²) in [5.74, 6) is 0.0522. The second kappa shape index (κ2) is 9.87. The van der Waals surface area contributed by atoms with E-state index in [0.29, 0.717) is 50.4 Å². The average molecular weight is 609 g/mol. The zero-order chi connectivity index (χ0) is 31.6. The molecule has 1 spiro atoms. The van der Waals surface area contributed by atoms with Gasteiger partial charge in [-0.15, -0.1) is 0 Å². The Kier molecular flexibility index (Phi) is 6.92. The molecule has 5 fully saturated rings. The van der Waals surface area contributed by atoms with Gasteiger partial charge in [-0.25, -0.2) is 0 Å². The number of ketones is 1. The molecule has 7 rings (SSSR count). The molecule has 0 unspecified atom stereocenters. The fourth-order valence-corrected chi connectivity index (χ4v) is 12.0. The Hall–Kier alpha value is -1.77. The van der Waals surface area contributed by atoms with Gasteiger partial charge >= 0.3 is 0 Å². The monoisotopic (exact) mass is 608 g/mol. The highest BCUT2D eigenvalue weighted by molar-refractivity contribution is 5.95. The van der Waals surface area contributed by atoms with E-state index < -0.39 is 39.7 Å². The lowest BCUT2D eigenvalue weighted by molar-refractivity contribution is -0.193. The van der Waals surface area contributed by atoms with Gasteiger partial charge in [0.05, 0.1) is 29.5 Å². The molecular weight excluding hydrogens is 556 g/mol. The zero-order valence-corrected chi connectivity index (χ0v) is 27.0. The maximum atomic E-state index is 14.0. The number of aliphatic hydroxyl groups excluding tert-OH is 2. The van der Waals surface area contributed by atoms with Gasteiger partial charge in [0.1, 0.15) is 11.9 Å². The molecule has 0 aromatic heterocycles. The first-order valence-corrected chi connectivity index (χ1v) is 17.1. The lowest BCUT2D eigenvalue weighted by Crippen LogP contribution is -2.67. The third-order valence-electron chi connectivity index (χ3n) is 14.7. The average Bonchev–Trinajstić information content (AvgIpc) is 3.64. The Morgan fingerprint density at radius 3 is 2.55 bits per heavy atom. The summed E-state index contributed by atoms with van der Waals surface area (Å²) in [7, 11) is 0. The minimum atomic E-state index is -1.30. The number of aliphatic hydroxyl groups is 4. The molecule has 4 saturated carbocycles. The molecule has 7 nitrogen and oxygen atoms in total. The molecule has 1 aromatic carbocycles. The number of aryl methyl sites for hydroxylation is 1. The van der Waals surface area contributed by atoms with Gasteiger partial charge in [-0.05, 0) is 123 Å². The van der Waals surface area contributed by atoms with Crippen LogP contribution < -0.4 is 0 Å². The van der Waals surface area contributed by atoms with E-state index in [1.807, 2.05) is 19.1 Å². The smallest absolute Gasteiger partial charge is 0.159 e. The fraction of sp³-hybridized carbons (Fsp3) is 0.757. The maximum absolute atomic E-state index is 14.0. The maximum Gasteiger partial charge on any atom is 0.159 e. The standard InChI is InChI=1S/C37H52O7/c1-20(2)21(3)31-32(44-31)34(5,42)28-11-14-37(43)29-19-26(39)25-18-27(40)30(41)24-10-13-35(29,33(24,25)4)15-16-36(28,37)12-9-22-7-6-8-23(38)17-22/h6-8,17,19-21,24-25,27-28,30-32,38,40-43H,9-16,18H2,1-5H3/t21-,24+,25-,27-,28+,30+,31-,32-,33+,34-,35+,36-,37+/m1/s1. The van der Waals surface area contributed by atoms with Crippen molar-refractivity contribution in [3.8, 4) is 5.75 Å². The van der Waals surface area contributed by atoms with Gasteiger partial charge in [0, 0.05) is 16.7 Å². The van der Waals surface area contributed by atoms with Gasteiger partial charge in [-0.3, -0.25) is 4.79 Å². The minimum absolute atomic E-state index is 0.0300. The first-order valence-electron chi connectivity index (χ1n) is 17.1. The number of allylic oxidation sites excluding steroid dienone is 1. The van der Waals surface area contributed by atoms with Gasteiger partial charge in [0.2, 0.25) is 0 Å². The first kappa shape index (κ1) is 30.9. The molecule has 5 aliphatic carbocycles. The number of phenols is 1. The van der Waals surface area contributed by atoms with Gasteiger partial charge in [0.15, 0.2) is 5.78 Å². The summed E-state index contributed by atoms with van der Waals surface area (Å²) >= 11 is 0. The molecule has 44 heavy (non-hydrogen) atoms. The van der Waals surface area contributed by atoms with Gasteiger partial charge in [0.25, 0.3) is 0 Å². The molecular formula is C37H52O7. The van der Waals surface area contributed by atoms with E-state index in [4.69, 9.17) is 4.74 Å². The molecule has 1 saturated heterocycles. The number of aromatic hydroxyl groups is 1. The van der Waals surface area contributed by atoms with Crippen molar-refractivity contribution in [1.29, 1.82) is 0 Å². The number of phenolic OH excluding ortho intramolecular Hbond substituents is 1. The largest absolute Gasteiger partial charge is 0.508 e. The van der Waals surface area contributed by atoms with Crippen LogP contribution in [0.3, 0.4) is 0 Å². The summed E-state index contributed by atoms with van der Waals surface area (Å²) in [5, 5.41) is 57.9. The van der Waals surface area contributed by atoms with E-state index in [1.54, 1.807) is 18.2 Å². The van der Waals surface area contributed by atoms with Crippen LogP contribution >= 0.6 is 0 Å². The van der Waals surface area contributed by atoms with Crippen LogP contribution in [0, 0.1) is 45.8 Å². The van der Waals surface area contributed by atoms with Crippen LogP contribution in [0.5, 0.6) is 5.75 Å². The van der Waals surface area contributed by atoms with Crippen LogP contribution in [0.4, 0.5) is 0 Å². The summed E-state index contributed by atoms with van der Waals surface area (Å²) in [6.45, 7) is 10.6. The van der Waals surface area contributed by atoms with E-state index in [-0.39, 0.29) is 47.9 Å². The Bertz CT molecular complexity index is 1370. The summed E-state index contributed by atoms with van der Waals surface area (Å²) in [5.41, 5.74) is -2.35. The number of rotatable bonds is 7. The molecule has 5 N–H and O–H groups in total. The van der Waals surface area contributed by atoms with Crippen LogP contribution in [0.15, 0.2) is 35.9 Å². The van der Waals surface area contributed by atoms with Crippen LogP contribution in [-0.4, -0.2) is 66.9 Å². The molecule has 13 atom stereocenters. The number of carbonyl (C=O) groups is 1. The molecule has 0 bridgehead atoms. The van der Waals surface area contributed by atoms with Crippen molar-refractivity contribution in [3.05, 3.63) is 41.5 Å². The Balaban J connectivity index is 1.32. The number of hydrogen-bond acceptors (Lipinski definition) is 7. The van der Waals surface area contributed by atoms with Crippen LogP contribution in [0.2, 0.25) is 0 Å². The normalized spacial score (nSPS) is 47.8. The molecule has 1 aromatic rings. The molecule has 0 radical (unpaired) electrons. The molecule has 1 heterocycles. The summed E-state index contributed by atoms with van der Waals surface area (Å²) in [6, 6.07) is 7.27. The number of ether oxygens (including phenoxy) is 1. The molecule has 0 amide bonds. The van der Waals surface area contributed by atoms with E-state index in [2.05, 4.69) is 27.7 Å². The molecule has 1 aliphatic heterocycles. The van der Waals surface area contributed by atoms with E-state index in [0.717, 1.165) is 24.0 Å². The van der Waals surface area contributed by atoms with Crippen molar-refractivity contribution >= 4 is 5.78 Å². The van der Waals surface area contributed by atoms with Crippen molar-refractivity contribution < 1.29 is 35.1 Å². The van der Waals surface area contributed by atoms with Crippen molar-refractivity contribution in [2.24, 2.45) is 45.8 Å². The Morgan fingerprint density at radius 2 is 1.84 bits per heavy atom. The highest BCUT2D eigenvalue weighted by Crippen LogP contribution is 2.78. The predicted octanol–water partition coefficient (Wildman–Crippen LogP) is 4.71. The van der Waals surface area contributed by atoms with E-state index in [1.165, 1.54) is 0 Å². The minimum Gasteiger partial charge on any atom is -0.508 e. The van der Waals surface area contributed by atoms with Crippen molar-refractivity contribution in [2.75, 3.05) is 0 Å². The SMILES string of the molecule is CC(C)[C@@H](C)[C@H]1O[C@H]1[C@](C)(O)[C@@H]1CC[C@]2(O)C3=CC(=O)[C@H]4C[C@@H](O)[C@@H](O)[C@@H]5CC[C@@]3(CC[C@]12CCc1cccc(O)c1)[C@]45C. The third kappa shape index (κ3) is 3.82. The second-order valence-corrected chi connectivity index (χ2v) is 16.4. The second-order valence-electron chi connectivity index (χ2n) is 16.4. The van der Waals surface area contributed by atoms with Crippen LogP contribution in [0.25, 0.3) is 0 Å². The molecule has 6 aliphatic rings. The lowest BCUT2D eigenvalue weighted by Gasteiger charge is -2.66. The van der Waals surface area contributed by atoms with Gasteiger partial charge in [-0.1, -0.05) is 39.8 Å². The summed E-state index contributed by atoms with van der Waals surface area (Å²) < 4.78 is 6.25.